The van der Waals surface area contributed by atoms with Crippen molar-refractivity contribution in [1.29, 1.82) is 0 Å². The minimum atomic E-state index is -4.73. The topological polar surface area (TPSA) is 172 Å². The van der Waals surface area contributed by atoms with Crippen LogP contribution in [0.5, 0.6) is 0 Å². The molecule has 0 rings (SSSR count). The molecule has 11 nitrogen and oxygen atoms in total. The van der Waals surface area contributed by atoms with E-state index >= 15 is 0 Å². The third-order valence-electron chi connectivity index (χ3n) is 9.84. The van der Waals surface area contributed by atoms with E-state index in [0.29, 0.717) is 19.3 Å². The van der Waals surface area contributed by atoms with Crippen LogP contribution in [0.2, 0.25) is 0 Å². The molecule has 0 aromatic carbocycles. The van der Waals surface area contributed by atoms with Crippen LogP contribution in [0.4, 0.5) is 0 Å². The summed E-state index contributed by atoms with van der Waals surface area (Å²) in [6.07, 6.45) is 45.2. The quantitative estimate of drug-likeness (QED) is 0.0231. The number of carbonyl (C=O) groups is 3. The van der Waals surface area contributed by atoms with E-state index in [2.05, 4.69) is 48.8 Å². The second-order valence-electron chi connectivity index (χ2n) is 15.5. The van der Waals surface area contributed by atoms with Crippen LogP contribution in [0.25, 0.3) is 0 Å². The van der Waals surface area contributed by atoms with E-state index in [-0.39, 0.29) is 19.4 Å². The maximum absolute atomic E-state index is 12.6. The third-order valence-corrected chi connectivity index (χ3v) is 10.8. The summed E-state index contributed by atoms with van der Waals surface area (Å²) in [6, 6.07) is -1.53. The molecule has 0 amide bonds. The Morgan fingerprint density at radius 3 is 1.41 bits per heavy atom. The summed E-state index contributed by atoms with van der Waals surface area (Å²) in [4.78, 5) is 45.9. The molecule has 0 saturated heterocycles. The van der Waals surface area contributed by atoms with Crippen molar-refractivity contribution in [3.63, 3.8) is 0 Å². The van der Waals surface area contributed by atoms with Gasteiger partial charge in [-0.1, -0.05) is 166 Å². The predicted molar refractivity (Wildman–Crippen MR) is 235 cm³/mol. The number of phosphoric ester groups is 1. The molecule has 0 aromatic rings. The van der Waals surface area contributed by atoms with Gasteiger partial charge in [-0.15, -0.1) is 0 Å². The zero-order chi connectivity index (χ0) is 42.8. The number of hydrogen-bond donors (Lipinski definition) is 3. The van der Waals surface area contributed by atoms with Crippen molar-refractivity contribution in [3.05, 3.63) is 36.5 Å². The van der Waals surface area contributed by atoms with Crippen LogP contribution < -0.4 is 5.73 Å². The average Bonchev–Trinajstić information content (AvgIpc) is 3.20. The summed E-state index contributed by atoms with van der Waals surface area (Å²) >= 11 is 0. The molecule has 12 heteroatoms. The van der Waals surface area contributed by atoms with Crippen LogP contribution in [-0.4, -0.2) is 59.9 Å². The Labute approximate surface area is 353 Å². The maximum atomic E-state index is 12.6. The molecular formula is C46H84NO10P. The van der Waals surface area contributed by atoms with Crippen molar-refractivity contribution in [3.8, 4) is 0 Å². The number of nitrogens with two attached hydrogens (primary N) is 1. The van der Waals surface area contributed by atoms with Gasteiger partial charge in [0.2, 0.25) is 0 Å². The lowest BCUT2D eigenvalue weighted by Crippen LogP contribution is -2.34. The number of aliphatic carboxylic acids is 1. The van der Waals surface area contributed by atoms with Gasteiger partial charge in [0, 0.05) is 12.8 Å². The Morgan fingerprint density at radius 2 is 0.914 bits per heavy atom. The van der Waals surface area contributed by atoms with Gasteiger partial charge >= 0.3 is 25.7 Å². The van der Waals surface area contributed by atoms with E-state index in [0.717, 1.165) is 57.8 Å². The Kier molecular flexibility index (Phi) is 39.8. The number of ether oxygens (including phenoxy) is 2. The summed E-state index contributed by atoms with van der Waals surface area (Å²) in [5.74, 6) is -2.44. The number of carbonyl (C=O) groups excluding carboxylic acids is 2. The number of unbranched alkanes of at least 4 members (excludes halogenated alkanes) is 23. The number of carboxylic acids is 1. The third kappa shape index (κ3) is 40.5. The predicted octanol–water partition coefficient (Wildman–Crippen LogP) is 12.4. The Morgan fingerprint density at radius 1 is 0.517 bits per heavy atom. The van der Waals surface area contributed by atoms with E-state index < -0.39 is 51.1 Å². The Balaban J connectivity index is 4.30. The standard InChI is InChI=1S/C46H84NO10P/c1-3-5-7-9-11-13-15-16-17-18-19-20-21-22-23-24-25-26-28-30-32-34-36-38-45(49)57-42(40-55-58(52,53)56-41-43(47)46(50)51)39-54-44(48)37-35-33-31-29-27-14-12-10-8-6-4-2/h10,12,24-25,30,32,42-43H,3-9,11,13-23,26-29,31,33-41,47H2,1-2H3,(H,50,51)(H,52,53)/b12-10+,25-24+,32-30+/t42-,43-/m0/s1. The molecular weight excluding hydrogens is 757 g/mol. The monoisotopic (exact) mass is 842 g/mol. The molecule has 0 saturated carbocycles. The lowest BCUT2D eigenvalue weighted by atomic mass is 10.0. The molecule has 0 aliphatic carbocycles. The first kappa shape index (κ1) is 55.7. The van der Waals surface area contributed by atoms with Gasteiger partial charge in [0.15, 0.2) is 6.10 Å². The lowest BCUT2D eigenvalue weighted by molar-refractivity contribution is -0.161. The fourth-order valence-electron chi connectivity index (χ4n) is 6.18. The van der Waals surface area contributed by atoms with Crippen LogP contribution >= 0.6 is 7.82 Å². The van der Waals surface area contributed by atoms with E-state index in [1.807, 2.05) is 6.08 Å². The number of carboxylic acid groups (broad SMARTS) is 1. The normalized spacial score (nSPS) is 14.0. The Bertz CT molecular complexity index is 1130. The molecule has 1 unspecified atom stereocenters. The number of esters is 2. The summed E-state index contributed by atoms with van der Waals surface area (Å²) in [6.45, 7) is 2.73. The fraction of sp³-hybridized carbons (Fsp3) is 0.804. The zero-order valence-corrected chi connectivity index (χ0v) is 37.5. The number of allylic oxidation sites excluding steroid dienone is 6. The van der Waals surface area contributed by atoms with Gasteiger partial charge in [-0.25, -0.2) is 4.57 Å². The molecule has 0 aromatic heterocycles. The fourth-order valence-corrected chi connectivity index (χ4v) is 6.96. The van der Waals surface area contributed by atoms with E-state index in [1.165, 1.54) is 103 Å². The second kappa shape index (κ2) is 41.4. The van der Waals surface area contributed by atoms with Gasteiger partial charge in [-0.2, -0.15) is 0 Å². The molecule has 4 N–H and O–H groups in total. The lowest BCUT2D eigenvalue weighted by Gasteiger charge is -2.20. The molecule has 0 heterocycles. The van der Waals surface area contributed by atoms with Gasteiger partial charge in [0.1, 0.15) is 12.6 Å². The van der Waals surface area contributed by atoms with Crippen LogP contribution in [0.3, 0.4) is 0 Å². The molecule has 3 atom stereocenters. The number of phosphoric acid groups is 1. The summed E-state index contributed by atoms with van der Waals surface area (Å²) in [5.41, 5.74) is 5.33. The molecule has 0 fully saturated rings. The first-order chi connectivity index (χ1) is 28.1. The summed E-state index contributed by atoms with van der Waals surface area (Å²) in [7, 11) is -4.73. The van der Waals surface area contributed by atoms with Crippen LogP contribution in [0.1, 0.15) is 206 Å². The smallest absolute Gasteiger partial charge is 0.472 e. The minimum absolute atomic E-state index is 0.100. The maximum Gasteiger partial charge on any atom is 0.472 e. The SMILES string of the molecule is CCCC/C=C/CCCCCCCC(=O)OC[C@@H](COP(=O)(O)OC[C@H](N)C(=O)O)OC(=O)CCC/C=C/CC/C=C/CCCCCCCCCCCCCCCC. The molecule has 338 valence electrons. The van der Waals surface area contributed by atoms with E-state index in [1.54, 1.807) is 0 Å². The summed E-state index contributed by atoms with van der Waals surface area (Å²) < 4.78 is 32.6. The van der Waals surface area contributed by atoms with E-state index in [9.17, 15) is 23.8 Å². The van der Waals surface area contributed by atoms with Crippen molar-refractivity contribution < 1.29 is 47.5 Å². The first-order valence-electron chi connectivity index (χ1n) is 23.0. The van der Waals surface area contributed by atoms with Crippen LogP contribution in [-0.2, 0) is 37.5 Å². The van der Waals surface area contributed by atoms with Gasteiger partial charge in [0.05, 0.1) is 13.2 Å². The number of hydrogen-bond acceptors (Lipinski definition) is 9. The molecule has 0 spiro atoms. The average molecular weight is 842 g/mol. The van der Waals surface area contributed by atoms with Gasteiger partial charge in [0.25, 0.3) is 0 Å². The highest BCUT2D eigenvalue weighted by Crippen LogP contribution is 2.43. The molecule has 58 heavy (non-hydrogen) atoms. The van der Waals surface area contributed by atoms with Crippen molar-refractivity contribution in [1.82, 2.24) is 0 Å². The van der Waals surface area contributed by atoms with Crippen LogP contribution in [0.15, 0.2) is 36.5 Å². The Hall–Kier alpha value is -2.30. The first-order valence-corrected chi connectivity index (χ1v) is 24.5. The number of rotatable bonds is 43. The summed E-state index contributed by atoms with van der Waals surface area (Å²) in [5, 5.41) is 8.88. The van der Waals surface area contributed by atoms with Crippen molar-refractivity contribution >= 4 is 25.7 Å². The van der Waals surface area contributed by atoms with E-state index in [4.69, 9.17) is 24.8 Å². The van der Waals surface area contributed by atoms with Crippen molar-refractivity contribution in [2.75, 3.05) is 19.8 Å². The second-order valence-corrected chi connectivity index (χ2v) is 17.0. The largest absolute Gasteiger partial charge is 0.480 e. The zero-order valence-electron chi connectivity index (χ0n) is 36.6. The molecule has 0 aliphatic heterocycles. The van der Waals surface area contributed by atoms with Gasteiger partial charge in [-0.05, 0) is 64.2 Å². The van der Waals surface area contributed by atoms with Crippen molar-refractivity contribution in [2.45, 2.75) is 219 Å². The molecule has 0 radical (unpaired) electrons. The van der Waals surface area contributed by atoms with Gasteiger partial charge < -0.3 is 25.2 Å². The highest BCUT2D eigenvalue weighted by Gasteiger charge is 2.28. The van der Waals surface area contributed by atoms with Gasteiger partial charge in [-0.3, -0.25) is 23.4 Å². The highest BCUT2D eigenvalue weighted by atomic mass is 31.2. The van der Waals surface area contributed by atoms with Crippen molar-refractivity contribution in [2.24, 2.45) is 5.73 Å². The molecule has 0 aliphatic rings. The van der Waals surface area contributed by atoms with Crippen LogP contribution in [0, 0.1) is 0 Å². The minimum Gasteiger partial charge on any atom is -0.480 e. The molecule has 0 bridgehead atoms. The highest BCUT2D eigenvalue weighted by molar-refractivity contribution is 7.47.